The van der Waals surface area contributed by atoms with Crippen LogP contribution in [0.25, 0.3) is 28.1 Å². The van der Waals surface area contributed by atoms with Crippen LogP contribution in [0.2, 0.25) is 0 Å². The van der Waals surface area contributed by atoms with Gasteiger partial charge in [0.2, 0.25) is 10.0 Å². The Morgan fingerprint density at radius 2 is 1.70 bits per heavy atom. The topological polar surface area (TPSA) is 201 Å². The number of nitrogens with one attached hydrogen (secondary N) is 2. The number of rotatable bonds is 12. The molecule has 3 aromatic carbocycles. The molecule has 0 unspecified atom stereocenters. The molecule has 4 aromatic heterocycles. The number of fused-ring (bicyclic) bond motifs is 2. The van der Waals surface area contributed by atoms with Gasteiger partial charge in [0.15, 0.2) is 5.82 Å². The molecule has 3 atom stereocenters. The minimum absolute atomic E-state index is 0.127. The van der Waals surface area contributed by atoms with Gasteiger partial charge >= 0.3 is 11.4 Å². The fourth-order valence-electron chi connectivity index (χ4n) is 10.6. The summed E-state index contributed by atoms with van der Waals surface area (Å²) in [6, 6.07) is 15.6. The number of imidazole rings is 1. The van der Waals surface area contributed by atoms with Crippen molar-refractivity contribution in [2.75, 3.05) is 43.1 Å². The lowest BCUT2D eigenvalue weighted by Gasteiger charge is -2.34. The first-order valence-electron chi connectivity index (χ1n) is 23.3. The number of nitrogens with zero attached hydrogens (tertiary/aromatic N) is 7. The maximum absolute atomic E-state index is 15.4. The van der Waals surface area contributed by atoms with Crippen LogP contribution in [0.3, 0.4) is 0 Å². The van der Waals surface area contributed by atoms with E-state index in [0.717, 1.165) is 30.0 Å². The van der Waals surface area contributed by atoms with Gasteiger partial charge in [0.05, 0.1) is 40.5 Å². The van der Waals surface area contributed by atoms with E-state index in [1.807, 2.05) is 19.9 Å². The van der Waals surface area contributed by atoms with E-state index >= 15 is 9.18 Å². The standard InChI is InChI=1S/C49H55FN9O8PS/c1-8-68(63,9-2)40-13-11-34(26-37(40)54-69(7,64)65)56-18-19-57(48(56)62)44-42-30(5)55(17-14-36(42)52-59(44)35-22-28(3)43(50)29(4)23-35)45(60)39-25-33-24-32(31-15-20-66-21-16-31)10-12-38(33)58(39)41-27-49(41,6)46-51-47(61)67-53-46/h10-13,18-19,22-26,30-31,41,54H,8-9,14-17,20-21,27H2,1-7H3,(H,51,53,61)/t30-,41-,49-/m0/s1. The van der Waals surface area contributed by atoms with E-state index in [1.165, 1.54) is 20.8 Å². The minimum atomic E-state index is -3.81. The minimum Gasteiger partial charge on any atom is -0.381 e. The highest BCUT2D eigenvalue weighted by Gasteiger charge is 2.57. The number of hydrogen-bond acceptors (Lipinski definition) is 10. The Balaban J connectivity index is 1.10. The SMILES string of the molecule is CCP(=O)(CC)c1ccc(-n2ccn(-c3c4c(nn3-c3cc(C)c(F)c(C)c3)CCN(C(=O)c3cc5cc(C6CCOCC6)ccc5n3[C@H]3C[C@]3(C)c3noc(=O)[nH]3)[C@H]4C)c2=O)cc1NS(C)(=O)=O. The maximum Gasteiger partial charge on any atom is 0.438 e. The Kier molecular flexibility index (Phi) is 11.4. The summed E-state index contributed by atoms with van der Waals surface area (Å²) in [7, 11) is -6.79. The van der Waals surface area contributed by atoms with E-state index in [1.54, 1.807) is 73.9 Å². The fourth-order valence-corrected chi connectivity index (χ4v) is 13.3. The summed E-state index contributed by atoms with van der Waals surface area (Å²) < 4.78 is 74.0. The van der Waals surface area contributed by atoms with Crippen molar-refractivity contribution in [1.82, 2.24) is 38.5 Å². The zero-order valence-corrected chi connectivity index (χ0v) is 41.3. The second-order valence-electron chi connectivity index (χ2n) is 19.0. The normalized spacial score (nSPS) is 19.9. The first-order chi connectivity index (χ1) is 32.8. The van der Waals surface area contributed by atoms with Gasteiger partial charge in [-0.25, -0.2) is 27.1 Å². The molecule has 3 aliphatic rings. The highest BCUT2D eigenvalue weighted by molar-refractivity contribution is 7.92. The number of aromatic nitrogens is 7. The second-order valence-corrected chi connectivity index (χ2v) is 24.3. The zero-order valence-electron chi connectivity index (χ0n) is 39.6. The van der Waals surface area contributed by atoms with Gasteiger partial charge < -0.3 is 18.8 Å². The zero-order chi connectivity index (χ0) is 48.9. The van der Waals surface area contributed by atoms with Crippen molar-refractivity contribution in [2.24, 2.45) is 0 Å². The van der Waals surface area contributed by atoms with Crippen molar-refractivity contribution < 1.29 is 31.4 Å². The second kappa shape index (κ2) is 17.0. The average molecular weight is 980 g/mol. The van der Waals surface area contributed by atoms with Gasteiger partial charge in [-0.15, -0.1) is 0 Å². The van der Waals surface area contributed by atoms with E-state index in [2.05, 4.69) is 37.6 Å². The Labute approximate surface area is 397 Å². The molecule has 2 fully saturated rings. The van der Waals surface area contributed by atoms with E-state index in [4.69, 9.17) is 14.4 Å². The third kappa shape index (κ3) is 7.91. The monoisotopic (exact) mass is 979 g/mol. The summed E-state index contributed by atoms with van der Waals surface area (Å²) in [5.41, 5.74) is 4.38. The first kappa shape index (κ1) is 46.4. The lowest BCUT2D eigenvalue weighted by Crippen LogP contribution is -2.40. The summed E-state index contributed by atoms with van der Waals surface area (Å²) in [4.78, 5) is 47.0. The number of aromatic amines is 1. The van der Waals surface area contributed by atoms with Crippen molar-refractivity contribution in [3.05, 3.63) is 133 Å². The van der Waals surface area contributed by atoms with Gasteiger partial charge in [-0.1, -0.05) is 32.0 Å². The molecular formula is C49H55FN9O8PS. The number of H-pyrrole nitrogens is 1. The number of anilines is 1. The van der Waals surface area contributed by atoms with Crippen LogP contribution in [0.1, 0.15) is 109 Å². The Bertz CT molecular complexity index is 3470. The predicted molar refractivity (Wildman–Crippen MR) is 261 cm³/mol. The third-order valence-electron chi connectivity index (χ3n) is 14.7. The molecule has 17 nitrogen and oxygen atoms in total. The number of carbonyl (C=O) groups excluding carboxylic acids is 1. The summed E-state index contributed by atoms with van der Waals surface area (Å²) in [6.45, 7) is 12.5. The van der Waals surface area contributed by atoms with E-state index in [-0.39, 0.29) is 23.5 Å². The van der Waals surface area contributed by atoms with Crippen LogP contribution >= 0.6 is 7.14 Å². The lowest BCUT2D eigenvalue weighted by atomic mass is 9.91. The molecule has 1 saturated heterocycles. The molecule has 0 spiro atoms. The molecular weight excluding hydrogens is 925 g/mol. The highest BCUT2D eigenvalue weighted by Crippen LogP contribution is 2.58. The number of sulfonamides is 1. The van der Waals surface area contributed by atoms with Crippen molar-refractivity contribution in [2.45, 2.75) is 90.6 Å². The Morgan fingerprint density at radius 3 is 2.36 bits per heavy atom. The van der Waals surface area contributed by atoms with Crippen LogP contribution in [-0.2, 0) is 31.2 Å². The van der Waals surface area contributed by atoms with Crippen molar-refractivity contribution >= 4 is 45.0 Å². The van der Waals surface area contributed by atoms with Gasteiger partial charge in [-0.2, -0.15) is 5.10 Å². The van der Waals surface area contributed by atoms with E-state index in [9.17, 15) is 22.6 Å². The van der Waals surface area contributed by atoms with Crippen LogP contribution in [-0.4, -0.2) is 91.2 Å². The first-order valence-corrected chi connectivity index (χ1v) is 27.3. The van der Waals surface area contributed by atoms with Crippen LogP contribution in [0, 0.1) is 19.7 Å². The number of ether oxygens (including phenoxy) is 1. The van der Waals surface area contributed by atoms with Gasteiger partial charge in [-0.05, 0) is 111 Å². The molecule has 6 heterocycles. The number of hydrogen-bond donors (Lipinski definition) is 2. The summed E-state index contributed by atoms with van der Waals surface area (Å²) >= 11 is 0. The highest BCUT2D eigenvalue weighted by atomic mass is 32.2. The van der Waals surface area contributed by atoms with Gasteiger partial charge in [0.1, 0.15) is 24.5 Å². The Hall–Kier alpha value is -6.30. The molecule has 7 aromatic rings. The largest absolute Gasteiger partial charge is 0.438 e. The molecule has 1 amide bonds. The quantitative estimate of drug-likeness (QED) is 0.118. The molecule has 1 aliphatic carbocycles. The van der Waals surface area contributed by atoms with Gasteiger partial charge in [-0.3, -0.25) is 28.2 Å². The predicted octanol–water partition coefficient (Wildman–Crippen LogP) is 7.16. The van der Waals surface area contributed by atoms with Crippen LogP contribution in [0.15, 0.2) is 81.1 Å². The molecule has 10 rings (SSSR count). The molecule has 69 heavy (non-hydrogen) atoms. The summed E-state index contributed by atoms with van der Waals surface area (Å²) in [6.07, 6.45) is 7.54. The van der Waals surface area contributed by atoms with Crippen molar-refractivity contribution in [3.8, 4) is 17.2 Å². The molecule has 0 radical (unpaired) electrons. The van der Waals surface area contributed by atoms with Crippen molar-refractivity contribution in [1.29, 1.82) is 0 Å². The molecule has 2 N–H and O–H groups in total. The molecule has 362 valence electrons. The third-order valence-corrected chi connectivity index (χ3v) is 18.6. The molecule has 2 aliphatic heterocycles. The number of aryl methyl sites for hydroxylation is 2. The van der Waals surface area contributed by atoms with Crippen LogP contribution in [0.5, 0.6) is 0 Å². The molecule has 0 bridgehead atoms. The van der Waals surface area contributed by atoms with Crippen molar-refractivity contribution in [3.63, 3.8) is 0 Å². The van der Waals surface area contributed by atoms with Gasteiger partial charge in [0.25, 0.3) is 5.91 Å². The number of benzene rings is 3. The Morgan fingerprint density at radius 1 is 0.986 bits per heavy atom. The average Bonchev–Trinajstić information content (AvgIpc) is 3.81. The van der Waals surface area contributed by atoms with E-state index in [0.29, 0.717) is 107 Å². The van der Waals surface area contributed by atoms with Crippen LogP contribution < -0.4 is 21.5 Å². The molecule has 1 saturated carbocycles. The smallest absolute Gasteiger partial charge is 0.381 e. The fraction of sp³-hybridized carbons (Fsp3) is 0.408. The van der Waals surface area contributed by atoms with E-state index < -0.39 is 40.1 Å². The summed E-state index contributed by atoms with van der Waals surface area (Å²) in [5, 5.41) is 10.4. The number of halogens is 1. The summed E-state index contributed by atoms with van der Waals surface area (Å²) in [5.74, 6) is -0.161. The number of carbonyl (C=O) groups is 1. The maximum atomic E-state index is 15.4. The number of amides is 1. The lowest BCUT2D eigenvalue weighted by molar-refractivity contribution is 0.0666. The molecule has 20 heteroatoms. The van der Waals surface area contributed by atoms with Crippen LogP contribution in [0.4, 0.5) is 10.1 Å². The van der Waals surface area contributed by atoms with Gasteiger partial charge in [0, 0.05) is 78.7 Å².